The molecule has 0 unspecified atom stereocenters. The number of carbonyl (C=O) groups is 1. The molecule has 0 heterocycles. The van der Waals surface area contributed by atoms with E-state index in [1.807, 2.05) is 0 Å². The van der Waals surface area contributed by atoms with Crippen molar-refractivity contribution in [3.8, 4) is 0 Å². The molecule has 0 bridgehead atoms. The Kier molecular flexibility index (Phi) is 12.0. The largest absolute Gasteiger partial charge is 0.460 e. The van der Waals surface area contributed by atoms with Crippen molar-refractivity contribution in [1.82, 2.24) is 0 Å². The van der Waals surface area contributed by atoms with Gasteiger partial charge in [-0.3, -0.25) is 0 Å². The zero-order valence-corrected chi connectivity index (χ0v) is 11.5. The highest BCUT2D eigenvalue weighted by Gasteiger charge is 2.01. The minimum Gasteiger partial charge on any atom is -0.460 e. The highest BCUT2D eigenvalue weighted by atomic mass is 16.6. The van der Waals surface area contributed by atoms with E-state index in [9.17, 15) is 4.79 Å². The second-order valence-electron chi connectivity index (χ2n) is 4.37. The molecule has 0 aliphatic rings. The molecule has 0 spiro atoms. The van der Waals surface area contributed by atoms with Crippen molar-refractivity contribution >= 4 is 5.97 Å². The molecular weight excluding hydrogens is 232 g/mol. The summed E-state index contributed by atoms with van der Waals surface area (Å²) in [6.07, 6.45) is 6.56. The molecule has 0 aromatic rings. The zero-order valence-electron chi connectivity index (χ0n) is 11.5. The molecule has 0 amide bonds. The molecular formula is C14H26O4. The number of ether oxygens (including phenoxy) is 2. The second-order valence-corrected chi connectivity index (χ2v) is 4.37. The van der Waals surface area contributed by atoms with Crippen molar-refractivity contribution in [2.24, 2.45) is 0 Å². The maximum Gasteiger partial charge on any atom is 0.333 e. The highest BCUT2D eigenvalue weighted by Crippen LogP contribution is 2.05. The number of aliphatic hydroxyl groups is 1. The quantitative estimate of drug-likeness (QED) is 0.332. The number of unbranched alkanes of at least 4 members (excludes halogenated alkanes) is 5. The van der Waals surface area contributed by atoms with Gasteiger partial charge >= 0.3 is 5.97 Å². The lowest BCUT2D eigenvalue weighted by atomic mass is 10.1. The van der Waals surface area contributed by atoms with Gasteiger partial charge in [0.2, 0.25) is 0 Å². The number of hydrogen-bond donors (Lipinski definition) is 1. The Balaban J connectivity index is 3.07. The van der Waals surface area contributed by atoms with Gasteiger partial charge in [0.15, 0.2) is 0 Å². The Hall–Kier alpha value is -0.870. The van der Waals surface area contributed by atoms with Crippen LogP contribution in [0.25, 0.3) is 0 Å². The van der Waals surface area contributed by atoms with Crippen LogP contribution < -0.4 is 0 Å². The lowest BCUT2D eigenvalue weighted by Crippen LogP contribution is -2.11. The molecule has 0 aromatic carbocycles. The molecule has 0 saturated heterocycles. The first-order valence-corrected chi connectivity index (χ1v) is 6.69. The lowest BCUT2D eigenvalue weighted by Gasteiger charge is -2.05. The summed E-state index contributed by atoms with van der Waals surface area (Å²) < 4.78 is 10.2. The van der Waals surface area contributed by atoms with Gasteiger partial charge in [0.1, 0.15) is 6.61 Å². The van der Waals surface area contributed by atoms with E-state index >= 15 is 0 Å². The van der Waals surface area contributed by atoms with Gasteiger partial charge in [-0.15, -0.1) is 0 Å². The molecule has 4 heteroatoms. The predicted molar refractivity (Wildman–Crippen MR) is 71.4 cm³/mol. The smallest absolute Gasteiger partial charge is 0.333 e. The van der Waals surface area contributed by atoms with Gasteiger partial charge in [-0.05, 0) is 19.8 Å². The van der Waals surface area contributed by atoms with E-state index in [-0.39, 0.29) is 5.97 Å². The van der Waals surface area contributed by atoms with E-state index < -0.39 is 0 Å². The van der Waals surface area contributed by atoms with E-state index in [0.29, 0.717) is 32.0 Å². The molecule has 4 nitrogen and oxygen atoms in total. The number of aliphatic hydroxyl groups excluding tert-OH is 1. The van der Waals surface area contributed by atoms with Gasteiger partial charge in [0.05, 0.1) is 6.61 Å². The lowest BCUT2D eigenvalue weighted by molar-refractivity contribution is -0.140. The summed E-state index contributed by atoms with van der Waals surface area (Å²) in [5, 5.41) is 8.60. The third-order valence-corrected chi connectivity index (χ3v) is 2.51. The van der Waals surface area contributed by atoms with Crippen LogP contribution in [0, 0.1) is 0 Å². The van der Waals surface area contributed by atoms with Crippen LogP contribution in [0.4, 0.5) is 0 Å². The van der Waals surface area contributed by atoms with Crippen molar-refractivity contribution in [3.05, 3.63) is 12.2 Å². The molecule has 18 heavy (non-hydrogen) atoms. The first-order chi connectivity index (χ1) is 8.68. The van der Waals surface area contributed by atoms with Gasteiger partial charge in [0.25, 0.3) is 0 Å². The number of carbonyl (C=O) groups excluding carboxylic acids is 1. The van der Waals surface area contributed by atoms with Gasteiger partial charge in [-0.1, -0.05) is 32.3 Å². The number of hydrogen-bond acceptors (Lipinski definition) is 4. The fourth-order valence-corrected chi connectivity index (χ4v) is 1.44. The van der Waals surface area contributed by atoms with Crippen molar-refractivity contribution in [1.29, 1.82) is 0 Å². The van der Waals surface area contributed by atoms with Crippen LogP contribution in [-0.4, -0.2) is 37.5 Å². The van der Waals surface area contributed by atoms with Crippen LogP contribution in [0.15, 0.2) is 12.2 Å². The minimum atomic E-state index is -0.359. The topological polar surface area (TPSA) is 55.8 Å². The van der Waals surface area contributed by atoms with Gasteiger partial charge < -0.3 is 14.6 Å². The summed E-state index contributed by atoms with van der Waals surface area (Å²) in [5.41, 5.74) is 0.415. The van der Waals surface area contributed by atoms with Crippen molar-refractivity contribution in [2.45, 2.75) is 45.4 Å². The van der Waals surface area contributed by atoms with Crippen LogP contribution in [-0.2, 0) is 14.3 Å². The minimum absolute atomic E-state index is 0.294. The fourth-order valence-electron chi connectivity index (χ4n) is 1.44. The highest BCUT2D eigenvalue weighted by molar-refractivity contribution is 5.86. The molecule has 0 radical (unpaired) electrons. The van der Waals surface area contributed by atoms with Crippen molar-refractivity contribution < 1.29 is 19.4 Å². The van der Waals surface area contributed by atoms with E-state index in [4.69, 9.17) is 14.6 Å². The van der Waals surface area contributed by atoms with Crippen LogP contribution in [0.3, 0.4) is 0 Å². The maximum absolute atomic E-state index is 11.0. The summed E-state index contributed by atoms with van der Waals surface area (Å²) in [6, 6.07) is 0. The molecule has 0 rings (SSSR count). The van der Waals surface area contributed by atoms with Crippen molar-refractivity contribution in [3.63, 3.8) is 0 Å². The standard InChI is InChI=1S/C14H26O4/c1-13(2)14(16)18-12-11-17-10-8-6-4-3-5-7-9-15/h15H,1,3-12H2,2H3. The molecule has 0 saturated carbocycles. The molecule has 0 aliphatic carbocycles. The Morgan fingerprint density at radius 1 is 1.00 bits per heavy atom. The first-order valence-electron chi connectivity index (χ1n) is 6.69. The van der Waals surface area contributed by atoms with Crippen molar-refractivity contribution in [2.75, 3.05) is 26.4 Å². The predicted octanol–water partition coefficient (Wildman–Crippen LogP) is 2.46. The average Bonchev–Trinajstić information content (AvgIpc) is 2.35. The third kappa shape index (κ3) is 11.6. The third-order valence-electron chi connectivity index (χ3n) is 2.51. The van der Waals surface area contributed by atoms with Crippen LogP contribution in [0.2, 0.25) is 0 Å². The monoisotopic (exact) mass is 258 g/mol. The van der Waals surface area contributed by atoms with Crippen LogP contribution in [0.5, 0.6) is 0 Å². The molecule has 106 valence electrons. The fraction of sp³-hybridized carbons (Fsp3) is 0.786. The molecule has 1 N–H and O–H groups in total. The SMILES string of the molecule is C=C(C)C(=O)OCCOCCCCCCCCO. The second kappa shape index (κ2) is 12.6. The number of rotatable bonds is 12. The summed E-state index contributed by atoms with van der Waals surface area (Å²) in [7, 11) is 0. The van der Waals surface area contributed by atoms with E-state index in [2.05, 4.69) is 6.58 Å². The molecule has 0 aliphatic heterocycles. The average molecular weight is 258 g/mol. The van der Waals surface area contributed by atoms with E-state index in [1.54, 1.807) is 6.92 Å². The first kappa shape index (κ1) is 17.1. The van der Waals surface area contributed by atoms with Crippen LogP contribution >= 0.6 is 0 Å². The Morgan fingerprint density at radius 3 is 2.22 bits per heavy atom. The van der Waals surface area contributed by atoms with Crippen LogP contribution in [0.1, 0.15) is 45.4 Å². The summed E-state index contributed by atoms with van der Waals surface area (Å²) >= 11 is 0. The summed E-state index contributed by atoms with van der Waals surface area (Å²) in [5.74, 6) is -0.359. The van der Waals surface area contributed by atoms with E-state index in [0.717, 1.165) is 25.7 Å². The van der Waals surface area contributed by atoms with Gasteiger partial charge in [0, 0.05) is 18.8 Å². The maximum atomic E-state index is 11.0. The normalized spacial score (nSPS) is 10.3. The Bertz CT molecular complexity index is 226. The zero-order chi connectivity index (χ0) is 13.6. The summed E-state index contributed by atoms with van der Waals surface area (Å²) in [4.78, 5) is 11.0. The van der Waals surface area contributed by atoms with Gasteiger partial charge in [-0.2, -0.15) is 0 Å². The van der Waals surface area contributed by atoms with E-state index in [1.165, 1.54) is 12.8 Å². The molecule has 0 aromatic heterocycles. The summed E-state index contributed by atoms with van der Waals surface area (Å²) in [6.45, 7) is 6.87. The van der Waals surface area contributed by atoms with Gasteiger partial charge in [-0.25, -0.2) is 4.79 Å². The Morgan fingerprint density at radius 2 is 1.61 bits per heavy atom. The molecule has 0 atom stereocenters. The number of esters is 1. The Labute approximate surface area is 110 Å². The molecule has 0 fully saturated rings.